The third kappa shape index (κ3) is 4.34. The fourth-order valence-electron chi connectivity index (χ4n) is 3.31. The Balaban J connectivity index is 1.46. The largest absolute Gasteiger partial charge is 0.447 e. The summed E-state index contributed by atoms with van der Waals surface area (Å²) in [6.45, 7) is 8.77. The van der Waals surface area contributed by atoms with Gasteiger partial charge in [-0.25, -0.2) is 4.98 Å². The quantitative estimate of drug-likeness (QED) is 0.828. The van der Waals surface area contributed by atoms with Gasteiger partial charge in [0, 0.05) is 45.8 Å². The molecule has 0 aliphatic carbocycles. The van der Waals surface area contributed by atoms with Gasteiger partial charge in [-0.3, -0.25) is 14.6 Å². The Bertz CT molecular complexity index is 534. The van der Waals surface area contributed by atoms with Gasteiger partial charge in [0.15, 0.2) is 5.69 Å². The van der Waals surface area contributed by atoms with Crippen LogP contribution in [0.3, 0.4) is 0 Å². The lowest BCUT2D eigenvalue weighted by Gasteiger charge is -2.34. The number of hydrogen-bond donors (Lipinski definition) is 1. The van der Waals surface area contributed by atoms with Crippen LogP contribution in [0.4, 0.5) is 0 Å². The normalized spacial score (nSPS) is 21.3. The number of aliphatic hydroxyl groups is 1. The topological polar surface area (TPSA) is 73.1 Å². The molecule has 2 saturated heterocycles. The summed E-state index contributed by atoms with van der Waals surface area (Å²) < 4.78 is 5.50. The summed E-state index contributed by atoms with van der Waals surface area (Å²) in [5.41, 5.74) is 0.427. The van der Waals surface area contributed by atoms with Gasteiger partial charge >= 0.3 is 0 Å². The minimum absolute atomic E-state index is 0.0131. The van der Waals surface area contributed by atoms with Crippen molar-refractivity contribution in [3.63, 3.8) is 0 Å². The van der Waals surface area contributed by atoms with Gasteiger partial charge in [-0.05, 0) is 19.3 Å². The van der Waals surface area contributed by atoms with E-state index in [0.717, 1.165) is 65.1 Å². The fourth-order valence-corrected chi connectivity index (χ4v) is 3.31. The number of likely N-dealkylation sites (tertiary alicyclic amines) is 1. The van der Waals surface area contributed by atoms with E-state index in [-0.39, 0.29) is 12.0 Å². The molecule has 1 N–H and O–H groups in total. The highest BCUT2D eigenvalue weighted by molar-refractivity contribution is 5.92. The molecular formula is C17H28N4O3. The first-order valence-corrected chi connectivity index (χ1v) is 9.02. The van der Waals surface area contributed by atoms with E-state index in [1.54, 1.807) is 0 Å². The molecule has 0 radical (unpaired) electrons. The highest BCUT2D eigenvalue weighted by atomic mass is 16.3. The molecule has 0 bridgehead atoms. The SMILES string of the molecule is CCC(O)CN1CCN(Cc2nc(C(=O)N3CCCC3)co2)CC1. The third-order valence-electron chi connectivity index (χ3n) is 4.93. The van der Waals surface area contributed by atoms with Crippen molar-refractivity contribution >= 4 is 5.91 Å². The zero-order chi connectivity index (χ0) is 16.9. The molecule has 1 aromatic heterocycles. The number of amides is 1. The number of carbonyl (C=O) groups excluding carboxylic acids is 1. The molecule has 2 aliphatic rings. The van der Waals surface area contributed by atoms with E-state index in [4.69, 9.17) is 4.42 Å². The number of nitrogens with zero attached hydrogens (tertiary/aromatic N) is 4. The average molecular weight is 336 g/mol. The van der Waals surface area contributed by atoms with E-state index in [2.05, 4.69) is 14.8 Å². The molecule has 2 aliphatic heterocycles. The van der Waals surface area contributed by atoms with Gasteiger partial charge in [-0.15, -0.1) is 0 Å². The molecule has 1 amide bonds. The number of aromatic nitrogens is 1. The van der Waals surface area contributed by atoms with Crippen LogP contribution in [-0.2, 0) is 6.54 Å². The van der Waals surface area contributed by atoms with Gasteiger partial charge in [-0.2, -0.15) is 0 Å². The Kier molecular flexibility index (Phi) is 5.86. The van der Waals surface area contributed by atoms with Gasteiger partial charge in [0.25, 0.3) is 5.91 Å². The van der Waals surface area contributed by atoms with E-state index >= 15 is 0 Å². The van der Waals surface area contributed by atoms with Crippen LogP contribution in [0.1, 0.15) is 42.6 Å². The van der Waals surface area contributed by atoms with E-state index in [1.165, 1.54) is 6.26 Å². The Morgan fingerprint density at radius 3 is 2.54 bits per heavy atom. The van der Waals surface area contributed by atoms with Crippen LogP contribution < -0.4 is 0 Å². The van der Waals surface area contributed by atoms with Crippen molar-refractivity contribution in [3.8, 4) is 0 Å². The Labute approximate surface area is 143 Å². The first-order valence-electron chi connectivity index (χ1n) is 9.02. The Morgan fingerprint density at radius 2 is 1.88 bits per heavy atom. The maximum Gasteiger partial charge on any atom is 0.275 e. The molecule has 1 aromatic rings. The molecule has 2 fully saturated rings. The smallest absolute Gasteiger partial charge is 0.275 e. The van der Waals surface area contributed by atoms with Crippen molar-refractivity contribution in [2.24, 2.45) is 0 Å². The second kappa shape index (κ2) is 8.09. The average Bonchev–Trinajstić information content (AvgIpc) is 3.27. The molecule has 7 nitrogen and oxygen atoms in total. The third-order valence-corrected chi connectivity index (χ3v) is 4.93. The zero-order valence-corrected chi connectivity index (χ0v) is 14.5. The lowest BCUT2D eigenvalue weighted by molar-refractivity contribution is 0.0658. The Hall–Kier alpha value is -1.44. The van der Waals surface area contributed by atoms with E-state index in [0.29, 0.717) is 18.1 Å². The predicted octanol–water partition coefficient (Wildman–Crippen LogP) is 0.799. The molecule has 0 saturated carbocycles. The summed E-state index contributed by atoms with van der Waals surface area (Å²) in [5, 5.41) is 9.74. The van der Waals surface area contributed by atoms with Gasteiger partial charge in [0.1, 0.15) is 6.26 Å². The van der Waals surface area contributed by atoms with Crippen LogP contribution in [0.25, 0.3) is 0 Å². The summed E-state index contributed by atoms with van der Waals surface area (Å²) >= 11 is 0. The highest BCUT2D eigenvalue weighted by Crippen LogP contribution is 2.14. The fraction of sp³-hybridized carbons (Fsp3) is 0.765. The van der Waals surface area contributed by atoms with Gasteiger partial charge < -0.3 is 14.4 Å². The minimum atomic E-state index is -0.234. The summed E-state index contributed by atoms with van der Waals surface area (Å²) in [6, 6.07) is 0. The number of piperazine rings is 1. The summed E-state index contributed by atoms with van der Waals surface area (Å²) in [6.07, 6.45) is 4.21. The van der Waals surface area contributed by atoms with Crippen LogP contribution in [-0.4, -0.2) is 82.6 Å². The van der Waals surface area contributed by atoms with Crippen molar-refractivity contribution in [1.29, 1.82) is 0 Å². The number of aliphatic hydroxyl groups excluding tert-OH is 1. The molecule has 134 valence electrons. The van der Waals surface area contributed by atoms with Crippen molar-refractivity contribution in [2.75, 3.05) is 45.8 Å². The molecule has 24 heavy (non-hydrogen) atoms. The van der Waals surface area contributed by atoms with Gasteiger partial charge in [0.2, 0.25) is 5.89 Å². The Morgan fingerprint density at radius 1 is 1.21 bits per heavy atom. The maximum absolute atomic E-state index is 12.3. The van der Waals surface area contributed by atoms with E-state index in [1.807, 2.05) is 11.8 Å². The molecule has 0 aromatic carbocycles. The van der Waals surface area contributed by atoms with E-state index in [9.17, 15) is 9.90 Å². The van der Waals surface area contributed by atoms with Gasteiger partial charge in [-0.1, -0.05) is 6.92 Å². The molecule has 1 unspecified atom stereocenters. The van der Waals surface area contributed by atoms with Crippen LogP contribution in [0.2, 0.25) is 0 Å². The monoisotopic (exact) mass is 336 g/mol. The van der Waals surface area contributed by atoms with Crippen molar-refractivity contribution in [2.45, 2.75) is 38.8 Å². The number of carbonyl (C=O) groups is 1. The minimum Gasteiger partial charge on any atom is -0.447 e. The predicted molar refractivity (Wildman–Crippen MR) is 89.7 cm³/mol. The van der Waals surface area contributed by atoms with Crippen molar-refractivity contribution in [3.05, 3.63) is 17.8 Å². The van der Waals surface area contributed by atoms with E-state index < -0.39 is 0 Å². The first kappa shape index (κ1) is 17.4. The van der Waals surface area contributed by atoms with Crippen molar-refractivity contribution < 1.29 is 14.3 Å². The summed E-state index contributed by atoms with van der Waals surface area (Å²) in [7, 11) is 0. The number of oxazole rings is 1. The van der Waals surface area contributed by atoms with Crippen LogP contribution in [0.15, 0.2) is 10.7 Å². The standard InChI is InChI=1S/C17H28N4O3/c1-2-14(22)11-19-7-9-20(10-8-19)12-16-18-15(13-24-16)17(23)21-5-3-4-6-21/h13-14,22H,2-12H2,1H3. The second-order valence-electron chi connectivity index (χ2n) is 6.76. The number of hydrogen-bond acceptors (Lipinski definition) is 6. The lowest BCUT2D eigenvalue weighted by atomic mass is 10.2. The molecular weight excluding hydrogens is 308 g/mol. The molecule has 3 heterocycles. The van der Waals surface area contributed by atoms with Crippen LogP contribution in [0.5, 0.6) is 0 Å². The molecule has 1 atom stereocenters. The first-order chi connectivity index (χ1) is 11.7. The molecule has 0 spiro atoms. The second-order valence-corrected chi connectivity index (χ2v) is 6.76. The number of rotatable bonds is 6. The highest BCUT2D eigenvalue weighted by Gasteiger charge is 2.24. The lowest BCUT2D eigenvalue weighted by Crippen LogP contribution is -2.48. The molecule has 7 heteroatoms. The zero-order valence-electron chi connectivity index (χ0n) is 14.5. The van der Waals surface area contributed by atoms with Gasteiger partial charge in [0.05, 0.1) is 12.6 Å². The molecule has 3 rings (SSSR count). The number of β-amino-alcohol motifs (C(OH)–C–C–N with tert-alkyl or cyclic N) is 1. The van der Waals surface area contributed by atoms with Crippen molar-refractivity contribution in [1.82, 2.24) is 19.7 Å². The summed E-state index contributed by atoms with van der Waals surface area (Å²) in [4.78, 5) is 23.1. The maximum atomic E-state index is 12.3. The summed E-state index contributed by atoms with van der Waals surface area (Å²) in [5.74, 6) is 0.598. The van der Waals surface area contributed by atoms with Crippen LogP contribution >= 0.6 is 0 Å². The van der Waals surface area contributed by atoms with Crippen LogP contribution in [0, 0.1) is 0 Å².